The molecule has 1 unspecified atom stereocenters. The van der Waals surface area contributed by atoms with Gasteiger partial charge < -0.3 is 14.6 Å². The van der Waals surface area contributed by atoms with E-state index in [2.05, 4.69) is 23.2 Å². The van der Waals surface area contributed by atoms with Gasteiger partial charge in [0, 0.05) is 17.8 Å². The van der Waals surface area contributed by atoms with Crippen LogP contribution in [0.15, 0.2) is 30.3 Å². The first-order chi connectivity index (χ1) is 9.81. The number of ether oxygens (including phenoxy) is 1. The van der Waals surface area contributed by atoms with E-state index >= 15 is 0 Å². The third-order valence-electron chi connectivity index (χ3n) is 4.26. The zero-order valence-corrected chi connectivity index (χ0v) is 11.3. The molecule has 1 amide bonds. The van der Waals surface area contributed by atoms with Crippen molar-refractivity contribution in [1.82, 2.24) is 9.88 Å². The summed E-state index contributed by atoms with van der Waals surface area (Å²) < 4.78 is 5.47. The third-order valence-corrected chi connectivity index (χ3v) is 4.26. The Morgan fingerprint density at radius 3 is 2.95 bits per heavy atom. The Labute approximate surface area is 117 Å². The molecule has 2 aromatic rings. The van der Waals surface area contributed by atoms with Gasteiger partial charge in [-0.05, 0) is 36.3 Å². The van der Waals surface area contributed by atoms with Crippen LogP contribution in [0.5, 0.6) is 0 Å². The normalized spacial score (nSPS) is 23.5. The second-order valence-corrected chi connectivity index (χ2v) is 5.83. The first-order valence-corrected chi connectivity index (χ1v) is 7.26. The number of carbonyl (C=O) groups excluding carboxylic acids is 1. The molecule has 1 atom stereocenters. The minimum Gasteiger partial charge on any atom is -0.369 e. The van der Waals surface area contributed by atoms with Gasteiger partial charge in [-0.2, -0.15) is 0 Å². The molecule has 2 heterocycles. The van der Waals surface area contributed by atoms with Crippen LogP contribution in [0.25, 0.3) is 10.9 Å². The molecule has 0 spiro atoms. The van der Waals surface area contributed by atoms with Gasteiger partial charge in [0.05, 0.1) is 12.6 Å². The summed E-state index contributed by atoms with van der Waals surface area (Å²) in [6.07, 6.45) is 2.51. The Kier molecular flexibility index (Phi) is 2.77. The number of H-pyrrole nitrogens is 1. The quantitative estimate of drug-likeness (QED) is 0.931. The van der Waals surface area contributed by atoms with Gasteiger partial charge in [-0.3, -0.25) is 4.79 Å². The van der Waals surface area contributed by atoms with Gasteiger partial charge in [-0.1, -0.05) is 18.2 Å². The number of para-hydroxylation sites is 1. The lowest BCUT2D eigenvalue weighted by atomic mass is 10.1. The van der Waals surface area contributed by atoms with Crippen LogP contribution in [0.4, 0.5) is 0 Å². The molecule has 1 aromatic carbocycles. The number of nitrogens with zero attached hydrogens (tertiary/aromatic N) is 1. The van der Waals surface area contributed by atoms with E-state index in [1.807, 2.05) is 17.0 Å². The number of morpholine rings is 1. The minimum atomic E-state index is 0.0317. The molecule has 1 aliphatic heterocycles. The molecular weight excluding hydrogens is 252 g/mol. The maximum absolute atomic E-state index is 12.1. The van der Waals surface area contributed by atoms with Crippen molar-refractivity contribution in [3.63, 3.8) is 0 Å². The molecular formula is C16H18N2O2. The van der Waals surface area contributed by atoms with E-state index in [9.17, 15) is 4.79 Å². The summed E-state index contributed by atoms with van der Waals surface area (Å²) in [5.41, 5.74) is 2.20. The summed E-state index contributed by atoms with van der Waals surface area (Å²) in [5, 5.41) is 1.19. The second kappa shape index (κ2) is 4.63. The average Bonchev–Trinajstić information content (AvgIpc) is 3.17. The molecule has 0 bridgehead atoms. The Hall–Kier alpha value is -1.81. The van der Waals surface area contributed by atoms with Gasteiger partial charge in [-0.15, -0.1) is 0 Å². The fourth-order valence-corrected chi connectivity index (χ4v) is 2.95. The summed E-state index contributed by atoms with van der Waals surface area (Å²) in [5.74, 6) is 0.815. The van der Waals surface area contributed by atoms with Crippen LogP contribution in [-0.4, -0.2) is 35.5 Å². The van der Waals surface area contributed by atoms with Gasteiger partial charge >= 0.3 is 0 Å². The number of fused-ring (bicyclic) bond motifs is 1. The predicted molar refractivity (Wildman–Crippen MR) is 76.3 cm³/mol. The number of benzene rings is 1. The number of aromatic amines is 1. The molecule has 1 saturated carbocycles. The molecule has 0 radical (unpaired) electrons. The van der Waals surface area contributed by atoms with Crippen LogP contribution in [-0.2, 0) is 9.53 Å². The van der Waals surface area contributed by atoms with Gasteiger partial charge in [0.25, 0.3) is 0 Å². The maximum Gasteiger partial charge on any atom is 0.249 e. The minimum absolute atomic E-state index is 0.0317. The van der Waals surface area contributed by atoms with Crippen LogP contribution in [0.3, 0.4) is 0 Å². The van der Waals surface area contributed by atoms with Crippen LogP contribution in [0.2, 0.25) is 0 Å². The second-order valence-electron chi connectivity index (χ2n) is 5.83. The van der Waals surface area contributed by atoms with E-state index in [1.54, 1.807) is 0 Å². The zero-order chi connectivity index (χ0) is 13.5. The van der Waals surface area contributed by atoms with Crippen molar-refractivity contribution in [1.29, 1.82) is 0 Å². The molecule has 1 aromatic heterocycles. The molecule has 4 heteroatoms. The Bertz CT molecular complexity index is 612. The summed E-state index contributed by atoms with van der Waals surface area (Å²) in [7, 11) is 0. The first kappa shape index (κ1) is 12.0. The SMILES string of the molecule is O=C1COCC(c2cc3ccccc3[nH]2)N1CC1CC1. The highest BCUT2D eigenvalue weighted by atomic mass is 16.5. The fraction of sp³-hybridized carbons (Fsp3) is 0.438. The predicted octanol–water partition coefficient (Wildman–Crippen LogP) is 2.48. The number of hydrogen-bond donors (Lipinski definition) is 1. The van der Waals surface area contributed by atoms with E-state index in [0.29, 0.717) is 12.5 Å². The Morgan fingerprint density at radius 2 is 2.15 bits per heavy atom. The van der Waals surface area contributed by atoms with E-state index in [4.69, 9.17) is 4.74 Å². The molecule has 4 rings (SSSR count). The number of carbonyl (C=O) groups is 1. The highest BCUT2D eigenvalue weighted by Gasteiger charge is 2.35. The summed E-state index contributed by atoms with van der Waals surface area (Å²) >= 11 is 0. The van der Waals surface area contributed by atoms with Crippen molar-refractivity contribution >= 4 is 16.8 Å². The molecule has 4 nitrogen and oxygen atoms in total. The lowest BCUT2D eigenvalue weighted by molar-refractivity contribution is -0.149. The Balaban J connectivity index is 1.67. The van der Waals surface area contributed by atoms with Crippen molar-refractivity contribution in [2.45, 2.75) is 18.9 Å². The van der Waals surface area contributed by atoms with E-state index in [1.165, 1.54) is 18.2 Å². The number of nitrogens with one attached hydrogen (secondary N) is 1. The van der Waals surface area contributed by atoms with Crippen molar-refractivity contribution in [3.05, 3.63) is 36.0 Å². The van der Waals surface area contributed by atoms with Gasteiger partial charge in [0.2, 0.25) is 5.91 Å². The number of amides is 1. The molecule has 2 aliphatic rings. The van der Waals surface area contributed by atoms with Crippen molar-refractivity contribution in [3.8, 4) is 0 Å². The van der Waals surface area contributed by atoms with Gasteiger partial charge in [0.1, 0.15) is 6.61 Å². The smallest absolute Gasteiger partial charge is 0.249 e. The lowest BCUT2D eigenvalue weighted by Gasteiger charge is -2.35. The summed E-state index contributed by atoms with van der Waals surface area (Å²) in [6, 6.07) is 10.4. The van der Waals surface area contributed by atoms with E-state index in [-0.39, 0.29) is 18.6 Å². The number of hydrogen-bond acceptors (Lipinski definition) is 2. The first-order valence-electron chi connectivity index (χ1n) is 7.26. The maximum atomic E-state index is 12.1. The molecule has 2 fully saturated rings. The van der Waals surface area contributed by atoms with Crippen molar-refractivity contribution < 1.29 is 9.53 Å². The lowest BCUT2D eigenvalue weighted by Crippen LogP contribution is -2.45. The Morgan fingerprint density at radius 1 is 1.30 bits per heavy atom. The standard InChI is InChI=1S/C16H18N2O2/c19-16-10-20-9-15(18(16)8-11-5-6-11)14-7-12-3-1-2-4-13(12)17-14/h1-4,7,11,15,17H,5-6,8-10H2. The molecule has 1 saturated heterocycles. The molecule has 1 N–H and O–H groups in total. The van der Waals surface area contributed by atoms with Crippen LogP contribution in [0, 0.1) is 5.92 Å². The monoisotopic (exact) mass is 270 g/mol. The van der Waals surface area contributed by atoms with Gasteiger partial charge in [-0.25, -0.2) is 0 Å². The third kappa shape index (κ3) is 2.10. The average molecular weight is 270 g/mol. The van der Waals surface area contributed by atoms with Crippen LogP contribution < -0.4 is 0 Å². The summed E-state index contributed by atoms with van der Waals surface area (Å²) in [4.78, 5) is 17.6. The highest BCUT2D eigenvalue weighted by Crippen LogP contribution is 2.34. The number of rotatable bonds is 3. The van der Waals surface area contributed by atoms with Crippen LogP contribution >= 0.6 is 0 Å². The largest absolute Gasteiger partial charge is 0.369 e. The van der Waals surface area contributed by atoms with E-state index in [0.717, 1.165) is 17.8 Å². The molecule has 1 aliphatic carbocycles. The zero-order valence-electron chi connectivity index (χ0n) is 11.3. The van der Waals surface area contributed by atoms with E-state index < -0.39 is 0 Å². The number of aromatic nitrogens is 1. The molecule has 20 heavy (non-hydrogen) atoms. The fourth-order valence-electron chi connectivity index (χ4n) is 2.95. The van der Waals surface area contributed by atoms with Crippen LogP contribution in [0.1, 0.15) is 24.6 Å². The highest BCUT2D eigenvalue weighted by molar-refractivity contribution is 5.82. The topological polar surface area (TPSA) is 45.3 Å². The van der Waals surface area contributed by atoms with Gasteiger partial charge in [0.15, 0.2) is 0 Å². The summed E-state index contributed by atoms with van der Waals surface area (Å²) in [6.45, 7) is 1.69. The van der Waals surface area contributed by atoms with Crippen molar-refractivity contribution in [2.24, 2.45) is 5.92 Å². The van der Waals surface area contributed by atoms with Crippen molar-refractivity contribution in [2.75, 3.05) is 19.8 Å². The molecule has 104 valence electrons.